The van der Waals surface area contributed by atoms with Crippen LogP contribution >= 0.6 is 0 Å². The zero-order valence-electron chi connectivity index (χ0n) is 18.7. The molecule has 0 spiro atoms. The number of fused-ring (bicyclic) bond motifs is 2. The van der Waals surface area contributed by atoms with E-state index in [4.69, 9.17) is 18.9 Å². The van der Waals surface area contributed by atoms with Crippen molar-refractivity contribution >= 4 is 28.7 Å². The summed E-state index contributed by atoms with van der Waals surface area (Å²) >= 11 is 0. The predicted molar refractivity (Wildman–Crippen MR) is 120 cm³/mol. The molecule has 2 aromatic carbocycles. The quantitative estimate of drug-likeness (QED) is 0.433. The third kappa shape index (κ3) is 4.32. The van der Waals surface area contributed by atoms with Crippen LogP contribution in [-0.2, 0) is 16.6 Å². The van der Waals surface area contributed by atoms with Crippen LogP contribution in [0.15, 0.2) is 48.4 Å². The van der Waals surface area contributed by atoms with Gasteiger partial charge in [-0.25, -0.2) is 4.79 Å². The topological polar surface area (TPSA) is 76.0 Å². The molecule has 0 bridgehead atoms. The molecule has 4 rings (SSSR count). The van der Waals surface area contributed by atoms with E-state index in [-0.39, 0.29) is 18.1 Å². The Balaban J connectivity index is 1.55. The van der Waals surface area contributed by atoms with Gasteiger partial charge in [0.1, 0.15) is 22.8 Å². The maximum atomic E-state index is 12.9. The summed E-state index contributed by atoms with van der Waals surface area (Å²) in [6.07, 6.45) is 3.66. The number of carbonyl (C=O) groups is 2. The van der Waals surface area contributed by atoms with Crippen molar-refractivity contribution in [2.75, 3.05) is 13.7 Å². The number of ketones is 1. The number of aryl methyl sites for hydroxylation is 1. The minimum Gasteiger partial charge on any atom is -0.497 e. The smallest absolute Gasteiger partial charge is 0.344 e. The lowest BCUT2D eigenvalue weighted by Gasteiger charge is -2.19. The monoisotopic (exact) mass is 435 g/mol. The summed E-state index contributed by atoms with van der Waals surface area (Å²) in [6.45, 7) is 5.14. The van der Waals surface area contributed by atoms with Gasteiger partial charge in [0.15, 0.2) is 12.4 Å². The van der Waals surface area contributed by atoms with Crippen LogP contribution in [0.2, 0.25) is 0 Å². The van der Waals surface area contributed by atoms with Crippen LogP contribution in [0.3, 0.4) is 0 Å². The Bertz CT molecular complexity index is 1250. The third-order valence-electron chi connectivity index (χ3n) is 4.93. The molecule has 2 heterocycles. The van der Waals surface area contributed by atoms with E-state index < -0.39 is 11.6 Å². The zero-order chi connectivity index (χ0) is 23.0. The first-order valence-electron chi connectivity index (χ1n) is 10.2. The van der Waals surface area contributed by atoms with E-state index in [2.05, 4.69) is 0 Å². The van der Waals surface area contributed by atoms with Crippen molar-refractivity contribution in [1.29, 1.82) is 0 Å². The van der Waals surface area contributed by atoms with Crippen molar-refractivity contribution < 1.29 is 28.5 Å². The fourth-order valence-electron chi connectivity index (χ4n) is 3.56. The zero-order valence-corrected chi connectivity index (χ0v) is 18.7. The molecular formula is C25H25NO6. The summed E-state index contributed by atoms with van der Waals surface area (Å²) < 4.78 is 23.9. The van der Waals surface area contributed by atoms with Crippen LogP contribution in [-0.4, -0.2) is 35.6 Å². The molecule has 1 aromatic heterocycles. The SMILES string of the molecule is COc1ccc2c(c1)c(C=C1Oc3cc(OCC(=O)OC(C)(C)C)ccc3C1=O)cn2C. The van der Waals surface area contributed by atoms with E-state index in [0.717, 1.165) is 22.2 Å². The molecule has 7 nitrogen and oxygen atoms in total. The lowest BCUT2D eigenvalue weighted by molar-refractivity contribution is -0.157. The summed E-state index contributed by atoms with van der Waals surface area (Å²) in [6, 6.07) is 10.7. The molecule has 7 heteroatoms. The standard InChI is InChI=1S/C25H25NO6/c1-25(2,3)32-23(27)14-30-17-6-8-18-21(12-17)31-22(24(18)28)10-15-13-26(4)20-9-7-16(29-5)11-19(15)20/h6-13H,14H2,1-5H3. The Morgan fingerprint density at radius 2 is 1.88 bits per heavy atom. The van der Waals surface area contributed by atoms with E-state index in [0.29, 0.717) is 17.1 Å². The predicted octanol–water partition coefficient (Wildman–Crippen LogP) is 4.52. The van der Waals surface area contributed by atoms with Crippen LogP contribution in [0, 0.1) is 0 Å². The Morgan fingerprint density at radius 1 is 1.12 bits per heavy atom. The summed E-state index contributed by atoms with van der Waals surface area (Å²) in [4.78, 5) is 24.7. The van der Waals surface area contributed by atoms with Gasteiger partial charge in [-0.1, -0.05) is 0 Å². The number of aromatic nitrogens is 1. The van der Waals surface area contributed by atoms with Gasteiger partial charge >= 0.3 is 5.97 Å². The summed E-state index contributed by atoms with van der Waals surface area (Å²) in [7, 11) is 3.56. The maximum absolute atomic E-state index is 12.9. The Kier molecular flexibility index (Phi) is 5.42. The number of Topliss-reactive ketones (excluding diaryl/α,β-unsaturated/α-hetero) is 1. The second kappa shape index (κ2) is 8.07. The molecule has 0 saturated heterocycles. The van der Waals surface area contributed by atoms with Gasteiger partial charge in [0.2, 0.25) is 5.78 Å². The number of allylic oxidation sites excluding steroid dienone is 1. The number of nitrogens with zero attached hydrogens (tertiary/aromatic N) is 1. The van der Waals surface area contributed by atoms with Crippen LogP contribution in [0.4, 0.5) is 0 Å². The van der Waals surface area contributed by atoms with E-state index in [9.17, 15) is 9.59 Å². The number of ether oxygens (including phenoxy) is 4. The molecule has 0 amide bonds. The van der Waals surface area contributed by atoms with Crippen molar-refractivity contribution in [2.24, 2.45) is 7.05 Å². The third-order valence-corrected chi connectivity index (χ3v) is 4.93. The van der Waals surface area contributed by atoms with Gasteiger partial charge < -0.3 is 23.5 Å². The number of methoxy groups -OCH3 is 1. The summed E-state index contributed by atoms with van der Waals surface area (Å²) in [5.74, 6) is 1.08. The van der Waals surface area contributed by atoms with Gasteiger partial charge in [-0.05, 0) is 57.2 Å². The molecule has 1 aliphatic rings. The highest BCUT2D eigenvalue weighted by atomic mass is 16.6. The van der Waals surface area contributed by atoms with Gasteiger partial charge in [-0.3, -0.25) is 4.79 Å². The second-order valence-electron chi connectivity index (χ2n) is 8.55. The van der Waals surface area contributed by atoms with E-state index in [1.807, 2.05) is 36.0 Å². The number of rotatable bonds is 5. The molecule has 0 atom stereocenters. The van der Waals surface area contributed by atoms with Crippen molar-refractivity contribution in [2.45, 2.75) is 26.4 Å². The number of benzene rings is 2. The fraction of sp³-hybridized carbons (Fsp3) is 0.280. The molecule has 1 aliphatic heterocycles. The van der Waals surface area contributed by atoms with Gasteiger partial charge in [-0.15, -0.1) is 0 Å². The normalized spacial score (nSPS) is 14.4. The van der Waals surface area contributed by atoms with Crippen LogP contribution < -0.4 is 14.2 Å². The molecule has 0 aliphatic carbocycles. The number of hydrogen-bond donors (Lipinski definition) is 0. The first kappa shape index (κ1) is 21.5. The summed E-state index contributed by atoms with van der Waals surface area (Å²) in [5, 5.41) is 0.952. The lowest BCUT2D eigenvalue weighted by Crippen LogP contribution is -2.27. The molecule has 0 radical (unpaired) electrons. The Hall–Kier alpha value is -3.74. The first-order chi connectivity index (χ1) is 15.1. The molecule has 0 unspecified atom stereocenters. The van der Waals surface area contributed by atoms with Gasteiger partial charge in [-0.2, -0.15) is 0 Å². The maximum Gasteiger partial charge on any atom is 0.344 e. The molecular weight excluding hydrogens is 410 g/mol. The van der Waals surface area contributed by atoms with E-state index in [1.54, 1.807) is 52.2 Å². The van der Waals surface area contributed by atoms with E-state index in [1.165, 1.54) is 0 Å². The number of esters is 1. The average Bonchev–Trinajstić information content (AvgIpc) is 3.21. The number of hydrogen-bond acceptors (Lipinski definition) is 6. The first-order valence-corrected chi connectivity index (χ1v) is 10.2. The van der Waals surface area contributed by atoms with Gasteiger partial charge in [0, 0.05) is 35.8 Å². The van der Waals surface area contributed by atoms with Crippen molar-refractivity contribution in [3.63, 3.8) is 0 Å². The highest BCUT2D eigenvalue weighted by molar-refractivity contribution is 6.15. The van der Waals surface area contributed by atoms with Crippen molar-refractivity contribution in [1.82, 2.24) is 4.57 Å². The van der Waals surface area contributed by atoms with Crippen LogP contribution in [0.5, 0.6) is 17.2 Å². The van der Waals surface area contributed by atoms with Crippen molar-refractivity contribution in [3.8, 4) is 17.2 Å². The molecule has 0 N–H and O–H groups in total. The highest BCUT2D eigenvalue weighted by Gasteiger charge is 2.28. The summed E-state index contributed by atoms with van der Waals surface area (Å²) in [5.41, 5.74) is 1.72. The van der Waals surface area contributed by atoms with Crippen LogP contribution in [0.1, 0.15) is 36.7 Å². The second-order valence-corrected chi connectivity index (χ2v) is 8.55. The molecule has 32 heavy (non-hydrogen) atoms. The van der Waals surface area contributed by atoms with Crippen molar-refractivity contribution in [3.05, 3.63) is 59.5 Å². The Morgan fingerprint density at radius 3 is 2.59 bits per heavy atom. The average molecular weight is 435 g/mol. The minimum atomic E-state index is -0.584. The largest absolute Gasteiger partial charge is 0.497 e. The van der Waals surface area contributed by atoms with Gasteiger partial charge in [0.05, 0.1) is 12.7 Å². The molecule has 0 fully saturated rings. The minimum absolute atomic E-state index is 0.210. The highest BCUT2D eigenvalue weighted by Crippen LogP contribution is 2.36. The van der Waals surface area contributed by atoms with Crippen LogP contribution in [0.25, 0.3) is 17.0 Å². The Labute approximate surface area is 186 Å². The molecule has 166 valence electrons. The fourth-order valence-corrected chi connectivity index (χ4v) is 3.56. The van der Waals surface area contributed by atoms with Gasteiger partial charge in [0.25, 0.3) is 0 Å². The number of carbonyl (C=O) groups excluding carboxylic acids is 2. The molecule has 0 saturated carbocycles. The molecule has 3 aromatic rings. The van der Waals surface area contributed by atoms with E-state index >= 15 is 0 Å². The lowest BCUT2D eigenvalue weighted by atomic mass is 10.1.